The first-order valence-electron chi connectivity index (χ1n) is 3.82. The average molecular weight is 166 g/mol. The third-order valence-electron chi connectivity index (χ3n) is 1.66. The van der Waals surface area contributed by atoms with Crippen molar-refractivity contribution >= 4 is 0 Å². The molecular weight excluding hydrogens is 155 g/mol. The molecule has 1 aromatic rings. The van der Waals surface area contributed by atoms with Gasteiger partial charge in [-0.1, -0.05) is 6.08 Å². The minimum atomic E-state index is -0.313. The molecule has 0 saturated carbocycles. The Bertz CT molecular complexity index is 281. The molecule has 0 saturated heterocycles. The summed E-state index contributed by atoms with van der Waals surface area (Å²) in [5.41, 5.74) is 0.634. The lowest BCUT2D eigenvalue weighted by molar-refractivity contribution is 0.465. The molecule has 12 heavy (non-hydrogen) atoms. The Morgan fingerprint density at radius 2 is 2.25 bits per heavy atom. The molecule has 1 rings (SSSR count). The molecule has 1 nitrogen and oxygen atoms in total. The van der Waals surface area contributed by atoms with Crippen molar-refractivity contribution in [2.24, 2.45) is 0 Å². The maximum atomic E-state index is 12.6. The number of benzene rings is 1. The highest BCUT2D eigenvalue weighted by Gasteiger charge is 2.00. The lowest BCUT2D eigenvalue weighted by Crippen LogP contribution is -1.86. The highest BCUT2D eigenvalue weighted by atomic mass is 19.1. The summed E-state index contributed by atoms with van der Waals surface area (Å²) >= 11 is 0. The molecule has 0 heterocycles. The lowest BCUT2D eigenvalue weighted by Gasteiger charge is -2.01. The van der Waals surface area contributed by atoms with Crippen LogP contribution in [0.5, 0.6) is 5.75 Å². The van der Waals surface area contributed by atoms with Crippen molar-refractivity contribution in [3.05, 3.63) is 42.2 Å². The molecule has 64 valence electrons. The van der Waals surface area contributed by atoms with E-state index in [0.29, 0.717) is 12.0 Å². The highest BCUT2D eigenvalue weighted by molar-refractivity contribution is 5.32. The molecule has 0 aliphatic heterocycles. The van der Waals surface area contributed by atoms with Crippen LogP contribution in [0, 0.1) is 5.82 Å². The smallest absolute Gasteiger partial charge is 0.123 e. The van der Waals surface area contributed by atoms with Gasteiger partial charge in [-0.05, 0) is 36.6 Å². The second kappa shape index (κ2) is 3.90. The zero-order valence-corrected chi connectivity index (χ0v) is 6.76. The van der Waals surface area contributed by atoms with Crippen LogP contribution in [0.25, 0.3) is 0 Å². The Morgan fingerprint density at radius 3 is 2.92 bits per heavy atom. The summed E-state index contributed by atoms with van der Waals surface area (Å²) in [7, 11) is 0. The molecule has 0 fully saturated rings. The average Bonchev–Trinajstić information content (AvgIpc) is 2.07. The molecule has 1 N–H and O–H groups in total. The van der Waals surface area contributed by atoms with Gasteiger partial charge in [-0.25, -0.2) is 4.39 Å². The SMILES string of the molecule is C=CCCc1cc(F)ccc1O. The van der Waals surface area contributed by atoms with Gasteiger partial charge in [-0.15, -0.1) is 6.58 Å². The Labute approximate surface area is 71.2 Å². The fraction of sp³-hybridized carbons (Fsp3) is 0.200. The number of phenols is 1. The molecule has 0 atom stereocenters. The van der Waals surface area contributed by atoms with Gasteiger partial charge in [0.2, 0.25) is 0 Å². The normalized spacial score (nSPS) is 9.75. The molecule has 0 radical (unpaired) electrons. The van der Waals surface area contributed by atoms with Crippen LogP contribution < -0.4 is 0 Å². The van der Waals surface area contributed by atoms with E-state index in [2.05, 4.69) is 6.58 Å². The number of phenolic OH excluding ortho intramolecular Hbond substituents is 1. The van der Waals surface area contributed by atoms with Crippen LogP contribution in [0.15, 0.2) is 30.9 Å². The molecule has 0 spiro atoms. The van der Waals surface area contributed by atoms with Gasteiger partial charge in [0.05, 0.1) is 0 Å². The predicted molar refractivity (Wildman–Crippen MR) is 46.6 cm³/mol. The molecule has 0 aromatic heterocycles. The van der Waals surface area contributed by atoms with Gasteiger partial charge in [-0.2, -0.15) is 0 Å². The minimum Gasteiger partial charge on any atom is -0.508 e. The van der Waals surface area contributed by atoms with E-state index in [1.54, 1.807) is 6.08 Å². The first-order valence-corrected chi connectivity index (χ1v) is 3.82. The third-order valence-corrected chi connectivity index (χ3v) is 1.66. The molecule has 1 aromatic carbocycles. The van der Waals surface area contributed by atoms with Crippen LogP contribution in [-0.4, -0.2) is 5.11 Å². The van der Waals surface area contributed by atoms with Crippen LogP contribution in [0.2, 0.25) is 0 Å². The largest absolute Gasteiger partial charge is 0.508 e. The number of aromatic hydroxyl groups is 1. The van der Waals surface area contributed by atoms with Gasteiger partial charge in [0.25, 0.3) is 0 Å². The number of rotatable bonds is 3. The molecule has 0 aliphatic rings. The summed E-state index contributed by atoms with van der Waals surface area (Å²) in [6, 6.07) is 3.96. The van der Waals surface area contributed by atoms with Gasteiger partial charge in [0.1, 0.15) is 11.6 Å². The van der Waals surface area contributed by atoms with E-state index in [-0.39, 0.29) is 11.6 Å². The van der Waals surface area contributed by atoms with E-state index in [0.717, 1.165) is 6.42 Å². The summed E-state index contributed by atoms with van der Waals surface area (Å²) in [5, 5.41) is 9.26. The molecule has 2 heteroatoms. The summed E-state index contributed by atoms with van der Waals surface area (Å²) in [5.74, 6) is -0.162. The summed E-state index contributed by atoms with van der Waals surface area (Å²) in [6.07, 6.45) is 3.12. The Morgan fingerprint density at radius 1 is 1.50 bits per heavy atom. The van der Waals surface area contributed by atoms with Crippen molar-refractivity contribution in [2.75, 3.05) is 0 Å². The number of hydrogen-bond donors (Lipinski definition) is 1. The van der Waals surface area contributed by atoms with Crippen molar-refractivity contribution in [3.63, 3.8) is 0 Å². The second-order valence-electron chi connectivity index (χ2n) is 2.60. The topological polar surface area (TPSA) is 20.2 Å². The van der Waals surface area contributed by atoms with E-state index in [9.17, 15) is 9.50 Å². The number of aryl methyl sites for hydroxylation is 1. The molecular formula is C10H11FO. The fourth-order valence-corrected chi connectivity index (χ4v) is 1.01. The minimum absolute atomic E-state index is 0.151. The van der Waals surface area contributed by atoms with E-state index in [1.165, 1.54) is 18.2 Å². The zero-order valence-electron chi connectivity index (χ0n) is 6.76. The third kappa shape index (κ3) is 2.09. The van der Waals surface area contributed by atoms with Crippen molar-refractivity contribution in [3.8, 4) is 5.75 Å². The van der Waals surface area contributed by atoms with Crippen LogP contribution in [0.4, 0.5) is 4.39 Å². The highest BCUT2D eigenvalue weighted by Crippen LogP contribution is 2.19. The van der Waals surface area contributed by atoms with Crippen LogP contribution in [-0.2, 0) is 6.42 Å². The van der Waals surface area contributed by atoms with Gasteiger partial charge in [0.15, 0.2) is 0 Å². The first-order chi connectivity index (χ1) is 5.74. The van der Waals surface area contributed by atoms with Crippen molar-refractivity contribution in [1.82, 2.24) is 0 Å². The molecule has 0 bridgehead atoms. The zero-order chi connectivity index (χ0) is 8.97. The fourth-order valence-electron chi connectivity index (χ4n) is 1.01. The van der Waals surface area contributed by atoms with Crippen LogP contribution >= 0.6 is 0 Å². The van der Waals surface area contributed by atoms with E-state index >= 15 is 0 Å². The number of halogens is 1. The van der Waals surface area contributed by atoms with Gasteiger partial charge >= 0.3 is 0 Å². The maximum absolute atomic E-state index is 12.6. The van der Waals surface area contributed by atoms with E-state index < -0.39 is 0 Å². The van der Waals surface area contributed by atoms with Gasteiger partial charge < -0.3 is 5.11 Å². The summed E-state index contributed by atoms with van der Waals surface area (Å²) in [6.45, 7) is 3.55. The summed E-state index contributed by atoms with van der Waals surface area (Å²) in [4.78, 5) is 0. The quantitative estimate of drug-likeness (QED) is 0.684. The Balaban J connectivity index is 2.82. The number of hydrogen-bond acceptors (Lipinski definition) is 1. The van der Waals surface area contributed by atoms with E-state index in [4.69, 9.17) is 0 Å². The first kappa shape index (κ1) is 8.78. The van der Waals surface area contributed by atoms with Crippen LogP contribution in [0.1, 0.15) is 12.0 Å². The monoisotopic (exact) mass is 166 g/mol. The van der Waals surface area contributed by atoms with E-state index in [1.807, 2.05) is 0 Å². The molecule has 0 amide bonds. The maximum Gasteiger partial charge on any atom is 0.123 e. The van der Waals surface area contributed by atoms with Crippen LogP contribution in [0.3, 0.4) is 0 Å². The lowest BCUT2D eigenvalue weighted by atomic mass is 10.1. The predicted octanol–water partition coefficient (Wildman–Crippen LogP) is 2.65. The van der Waals surface area contributed by atoms with Crippen molar-refractivity contribution in [1.29, 1.82) is 0 Å². The Hall–Kier alpha value is -1.31. The van der Waals surface area contributed by atoms with Gasteiger partial charge in [0, 0.05) is 0 Å². The summed E-state index contributed by atoms with van der Waals surface area (Å²) < 4.78 is 12.6. The standard InChI is InChI=1S/C10H11FO/c1-2-3-4-8-7-9(11)5-6-10(8)12/h2,5-7,12H,1,3-4H2. The Kier molecular flexibility index (Phi) is 2.86. The second-order valence-corrected chi connectivity index (χ2v) is 2.60. The van der Waals surface area contributed by atoms with Gasteiger partial charge in [-0.3, -0.25) is 0 Å². The van der Waals surface area contributed by atoms with Crippen molar-refractivity contribution in [2.45, 2.75) is 12.8 Å². The molecule has 0 aliphatic carbocycles. The van der Waals surface area contributed by atoms with Crippen molar-refractivity contribution < 1.29 is 9.50 Å². The number of allylic oxidation sites excluding steroid dienone is 1. The molecule has 0 unspecified atom stereocenters.